The first-order valence-electron chi connectivity index (χ1n) is 7.60. The summed E-state index contributed by atoms with van der Waals surface area (Å²) in [5, 5.41) is 7.01. The molecule has 1 nitrogen and oxygen atoms in total. The maximum atomic E-state index is 5.22. The van der Waals surface area contributed by atoms with E-state index in [0.717, 1.165) is 0 Å². The molecule has 0 saturated heterocycles. The first-order valence-corrected chi connectivity index (χ1v) is 10.5. The molecule has 0 amide bonds. The second-order valence-corrected chi connectivity index (χ2v) is 11.1. The Hall–Kier alpha value is -0.799. The van der Waals surface area contributed by atoms with E-state index in [9.17, 15) is 0 Å². The van der Waals surface area contributed by atoms with E-state index in [-0.39, 0.29) is 42.1 Å². The number of benzene rings is 2. The molecule has 126 valence electrons. The fraction of sp³-hybridized carbons (Fsp3) is 0.286. The third kappa shape index (κ3) is 4.23. The summed E-state index contributed by atoms with van der Waals surface area (Å²) in [6.07, 6.45) is 0. The predicted molar refractivity (Wildman–Crippen MR) is 110 cm³/mol. The van der Waals surface area contributed by atoms with Crippen LogP contribution in [0.2, 0.25) is 13.1 Å². The number of hydrogen-bond donors (Lipinski definition) is 0. The molecular weight excluding hydrogens is 342 g/mol. The minimum absolute atomic E-state index is 0. The number of nitrogens with zero attached hydrogens (tertiary/aromatic N) is 1. The van der Waals surface area contributed by atoms with Gasteiger partial charge in [0.15, 0.2) is 0 Å². The van der Waals surface area contributed by atoms with Crippen molar-refractivity contribution in [2.75, 3.05) is 0 Å². The van der Waals surface area contributed by atoms with Gasteiger partial charge in [-0.1, -0.05) is 78.5 Å². The van der Waals surface area contributed by atoms with Crippen molar-refractivity contribution in [3.05, 3.63) is 68.4 Å². The van der Waals surface area contributed by atoms with E-state index in [2.05, 4.69) is 82.4 Å². The Balaban J connectivity index is 0.00000176. The van der Waals surface area contributed by atoms with Gasteiger partial charge < -0.3 is 19.8 Å². The minimum atomic E-state index is -1.87. The van der Waals surface area contributed by atoms with Crippen molar-refractivity contribution in [2.24, 2.45) is 0 Å². The van der Waals surface area contributed by atoms with Crippen LogP contribution in [0.15, 0.2) is 48.5 Å². The van der Waals surface area contributed by atoms with Gasteiger partial charge in [-0.05, 0) is 0 Å². The minimum Gasteiger partial charge on any atom is -0.662 e. The molecule has 0 spiro atoms. The van der Waals surface area contributed by atoms with Crippen LogP contribution in [0, 0.1) is 14.9 Å². The molecule has 0 N–H and O–H groups in total. The zero-order valence-electron chi connectivity index (χ0n) is 16.1. The smallest absolute Gasteiger partial charge is 0.662 e. The Morgan fingerprint density at radius 1 is 0.792 bits per heavy atom. The van der Waals surface area contributed by atoms with Crippen LogP contribution in [0.3, 0.4) is 0 Å². The molecule has 0 aliphatic heterocycles. The predicted octanol–water partition coefficient (Wildman–Crippen LogP) is 6.19. The average Bonchev–Trinajstić information content (AvgIpc) is 2.71. The van der Waals surface area contributed by atoms with Gasteiger partial charge in [0.25, 0.3) is 0 Å². The Morgan fingerprint density at radius 3 is 1.54 bits per heavy atom. The second kappa shape index (κ2) is 8.05. The summed E-state index contributed by atoms with van der Waals surface area (Å²) in [6.45, 7) is 11.3. The topological polar surface area (TPSA) is 14.1 Å². The molecule has 3 rings (SSSR count). The SMILES string of the molecule is CC(C)(C)[N-][Si](C)(C)[c-]1c2ccccc2c2ccccc21.[CH3-].[CH3-].[Ti+4]. The van der Waals surface area contributed by atoms with Crippen molar-refractivity contribution >= 4 is 35.0 Å². The van der Waals surface area contributed by atoms with E-state index < -0.39 is 8.24 Å². The largest absolute Gasteiger partial charge is 4.00 e. The van der Waals surface area contributed by atoms with Crippen molar-refractivity contribution in [2.45, 2.75) is 39.4 Å². The molecule has 0 saturated carbocycles. The van der Waals surface area contributed by atoms with Crippen LogP contribution in [0.1, 0.15) is 20.8 Å². The van der Waals surface area contributed by atoms with Gasteiger partial charge in [-0.2, -0.15) is 0 Å². The van der Waals surface area contributed by atoms with Crippen molar-refractivity contribution in [3.8, 4) is 0 Å². The van der Waals surface area contributed by atoms with Crippen molar-refractivity contribution in [3.63, 3.8) is 0 Å². The summed E-state index contributed by atoms with van der Waals surface area (Å²) in [5.41, 5.74) is 0.00913. The maximum Gasteiger partial charge on any atom is 4.00 e. The Labute approximate surface area is 164 Å². The molecule has 3 aromatic carbocycles. The molecule has 0 heterocycles. The normalized spacial score (nSPS) is 11.5. The fourth-order valence-corrected chi connectivity index (χ4v) is 7.11. The summed E-state index contributed by atoms with van der Waals surface area (Å²) in [7, 11) is -1.87. The standard InChI is InChI=1S/C19H23NSi.2CH3.Ti/c1-19(2,3)20-21(4,5)18-16-12-8-6-10-14(16)15-11-7-9-13-17(15)18;;;/h6-13H,1-5H3;2*1H3;/q-2;2*-1;+4. The zero-order chi connectivity index (χ0) is 15.3. The van der Waals surface area contributed by atoms with Crippen molar-refractivity contribution < 1.29 is 21.7 Å². The molecular formula is C21H29NSiTi. The van der Waals surface area contributed by atoms with Gasteiger partial charge in [-0.15, -0.1) is 44.4 Å². The number of fused-ring (bicyclic) bond motifs is 3. The Morgan fingerprint density at radius 2 is 1.17 bits per heavy atom. The van der Waals surface area contributed by atoms with Crippen molar-refractivity contribution in [1.29, 1.82) is 0 Å². The van der Waals surface area contributed by atoms with Crippen LogP contribution in [-0.2, 0) is 21.7 Å². The molecule has 0 fully saturated rings. The van der Waals surface area contributed by atoms with Gasteiger partial charge in [-0.25, -0.2) is 0 Å². The Bertz CT molecular complexity index is 743. The van der Waals surface area contributed by atoms with Gasteiger partial charge in [0, 0.05) is 0 Å². The molecule has 3 heteroatoms. The monoisotopic (exact) mass is 371 g/mol. The maximum absolute atomic E-state index is 5.22. The summed E-state index contributed by atoms with van der Waals surface area (Å²) in [6, 6.07) is 17.6. The zero-order valence-corrected chi connectivity index (χ0v) is 18.6. The van der Waals surface area contributed by atoms with E-state index in [1.807, 2.05) is 0 Å². The molecule has 24 heavy (non-hydrogen) atoms. The number of hydrogen-bond acceptors (Lipinski definition) is 0. The summed E-state index contributed by atoms with van der Waals surface area (Å²) < 4.78 is 0. The third-order valence-electron chi connectivity index (χ3n) is 3.91. The van der Waals surface area contributed by atoms with Gasteiger partial charge in [0.2, 0.25) is 0 Å². The second-order valence-electron chi connectivity index (χ2n) is 7.31. The van der Waals surface area contributed by atoms with Crippen LogP contribution in [0.4, 0.5) is 0 Å². The van der Waals surface area contributed by atoms with Gasteiger partial charge >= 0.3 is 21.7 Å². The van der Waals surface area contributed by atoms with E-state index in [4.69, 9.17) is 4.98 Å². The Kier molecular flexibility index (Phi) is 7.79. The van der Waals surface area contributed by atoms with Crippen molar-refractivity contribution in [1.82, 2.24) is 0 Å². The molecule has 0 aromatic heterocycles. The quantitative estimate of drug-likeness (QED) is 0.376. The first-order chi connectivity index (χ1) is 9.80. The van der Waals surface area contributed by atoms with Crippen LogP contribution < -0.4 is 5.19 Å². The molecule has 0 unspecified atom stereocenters. The third-order valence-corrected chi connectivity index (χ3v) is 6.90. The molecule has 0 aliphatic carbocycles. The molecule has 0 atom stereocenters. The van der Waals surface area contributed by atoms with E-state index in [1.165, 1.54) is 26.7 Å². The van der Waals surface area contributed by atoms with E-state index in [0.29, 0.717) is 0 Å². The molecule has 0 radical (unpaired) electrons. The van der Waals surface area contributed by atoms with Crippen LogP contribution in [0.25, 0.3) is 26.5 Å². The molecule has 3 aromatic rings. The number of rotatable bonds is 2. The van der Waals surface area contributed by atoms with Crippen LogP contribution in [-0.4, -0.2) is 13.8 Å². The first kappa shape index (κ1) is 23.2. The average molecular weight is 371 g/mol. The van der Waals surface area contributed by atoms with Gasteiger partial charge in [0.05, 0.1) is 0 Å². The molecule has 0 aliphatic rings. The van der Waals surface area contributed by atoms with Crippen LogP contribution in [0.5, 0.6) is 0 Å². The van der Waals surface area contributed by atoms with E-state index in [1.54, 1.807) is 0 Å². The summed E-state index contributed by atoms with van der Waals surface area (Å²) >= 11 is 0. The summed E-state index contributed by atoms with van der Waals surface area (Å²) in [4.78, 5) is 5.22. The molecule has 0 bridgehead atoms. The van der Waals surface area contributed by atoms with Crippen LogP contribution >= 0.6 is 0 Å². The fourth-order valence-electron chi connectivity index (χ4n) is 3.57. The summed E-state index contributed by atoms with van der Waals surface area (Å²) in [5.74, 6) is 0. The van der Waals surface area contributed by atoms with Gasteiger partial charge in [-0.3, -0.25) is 0 Å². The van der Waals surface area contributed by atoms with E-state index >= 15 is 0 Å². The van der Waals surface area contributed by atoms with Gasteiger partial charge in [0.1, 0.15) is 0 Å².